The number of anilines is 3. The van der Waals surface area contributed by atoms with E-state index in [-0.39, 0.29) is 5.82 Å². The molecule has 188 valence electrons. The zero-order chi connectivity index (χ0) is 25.7. The van der Waals surface area contributed by atoms with Crippen molar-refractivity contribution in [2.24, 2.45) is 0 Å². The van der Waals surface area contributed by atoms with E-state index in [0.29, 0.717) is 36.7 Å². The van der Waals surface area contributed by atoms with Crippen LogP contribution in [0.1, 0.15) is 11.1 Å². The highest BCUT2D eigenvalue weighted by Crippen LogP contribution is 2.33. The van der Waals surface area contributed by atoms with Gasteiger partial charge in [-0.15, -0.1) is 0 Å². The fourth-order valence-corrected chi connectivity index (χ4v) is 3.61. The summed E-state index contributed by atoms with van der Waals surface area (Å²) in [7, 11) is 1.63. The Bertz CT molecular complexity index is 1360. The smallest absolute Gasteiger partial charge is 0.383 e. The molecule has 0 radical (unpaired) electrons. The molecule has 0 aliphatic carbocycles. The van der Waals surface area contributed by atoms with Crippen molar-refractivity contribution < 1.29 is 22.7 Å². The third kappa shape index (κ3) is 5.70. The van der Waals surface area contributed by atoms with Crippen molar-refractivity contribution in [3.05, 3.63) is 66.2 Å². The van der Waals surface area contributed by atoms with E-state index in [1.54, 1.807) is 35.9 Å². The van der Waals surface area contributed by atoms with Crippen LogP contribution >= 0.6 is 0 Å². The summed E-state index contributed by atoms with van der Waals surface area (Å²) in [5.74, 6) is 0.0959. The number of methoxy groups -OCH3 is 1. The molecule has 0 atom stereocenters. The fourth-order valence-electron chi connectivity index (χ4n) is 3.61. The molecule has 5 N–H and O–H groups in total. The molecule has 36 heavy (non-hydrogen) atoms. The summed E-state index contributed by atoms with van der Waals surface area (Å²) in [6, 6.07) is 7.77. The number of hydrogen-bond donors (Lipinski definition) is 4. The summed E-state index contributed by atoms with van der Waals surface area (Å²) in [4.78, 5) is 20.2. The van der Waals surface area contributed by atoms with Gasteiger partial charge >= 0.3 is 12.2 Å². The van der Waals surface area contributed by atoms with Crippen LogP contribution < -0.4 is 21.7 Å². The van der Waals surface area contributed by atoms with Crippen LogP contribution in [-0.2, 0) is 17.5 Å². The van der Waals surface area contributed by atoms with E-state index in [1.807, 2.05) is 6.20 Å². The normalized spacial score (nSPS) is 11.6. The molecular weight excluding hydrogens is 477 g/mol. The molecule has 0 aliphatic heterocycles. The van der Waals surface area contributed by atoms with Crippen LogP contribution in [0.5, 0.6) is 0 Å². The first-order valence-electron chi connectivity index (χ1n) is 10.8. The molecule has 0 aliphatic rings. The van der Waals surface area contributed by atoms with Crippen LogP contribution in [0.3, 0.4) is 0 Å². The van der Waals surface area contributed by atoms with Gasteiger partial charge < -0.3 is 21.1 Å². The van der Waals surface area contributed by atoms with Gasteiger partial charge in [-0.3, -0.25) is 5.32 Å². The Labute approximate surface area is 203 Å². The van der Waals surface area contributed by atoms with Crippen molar-refractivity contribution in [2.75, 3.05) is 36.6 Å². The number of benzene rings is 1. The van der Waals surface area contributed by atoms with Gasteiger partial charge in [0.25, 0.3) is 0 Å². The van der Waals surface area contributed by atoms with Gasteiger partial charge in [0, 0.05) is 43.8 Å². The standard InChI is InChI=1S/C23H23F3N8O2/c1-36-9-8-28-11-15-12-34-20(21(27)30-13-31-34)19(15)14-2-4-17(5-3-14)32-22(35)33-18-10-16(6-7-29-18)23(24,25)26/h2-7,10,12-13,28H,8-9,11H2,1H3,(H2,27,30,31)(H2,29,32,33,35). The maximum absolute atomic E-state index is 12.9. The second-order valence-electron chi connectivity index (χ2n) is 7.72. The van der Waals surface area contributed by atoms with Gasteiger partial charge in [-0.25, -0.2) is 19.3 Å². The van der Waals surface area contributed by atoms with Gasteiger partial charge in [-0.05, 0) is 35.4 Å². The number of carbonyl (C=O) groups is 1. The maximum atomic E-state index is 12.9. The largest absolute Gasteiger partial charge is 0.416 e. The number of hydrogen-bond acceptors (Lipinski definition) is 7. The van der Waals surface area contributed by atoms with Gasteiger partial charge in [0.05, 0.1) is 12.2 Å². The Morgan fingerprint density at radius 1 is 1.14 bits per heavy atom. The highest BCUT2D eigenvalue weighted by molar-refractivity contribution is 5.99. The van der Waals surface area contributed by atoms with Gasteiger partial charge in [0.2, 0.25) is 0 Å². The van der Waals surface area contributed by atoms with E-state index in [0.717, 1.165) is 35.0 Å². The molecular formula is C23H23F3N8O2. The summed E-state index contributed by atoms with van der Waals surface area (Å²) in [5.41, 5.74) is 8.89. The number of pyridine rings is 1. The molecule has 13 heteroatoms. The number of nitrogens with zero attached hydrogens (tertiary/aromatic N) is 4. The SMILES string of the molecule is COCCNCc1cn2ncnc(N)c2c1-c1ccc(NC(=O)Nc2cc(C(F)(F)F)ccn2)cc1. The number of urea groups is 1. The summed E-state index contributed by atoms with van der Waals surface area (Å²) in [6.45, 7) is 1.75. The molecule has 0 fully saturated rings. The number of fused-ring (bicyclic) bond motifs is 1. The molecule has 3 aromatic heterocycles. The van der Waals surface area contributed by atoms with E-state index >= 15 is 0 Å². The quantitative estimate of drug-likeness (QED) is 0.271. The van der Waals surface area contributed by atoms with Crippen LogP contribution in [0.15, 0.2) is 55.1 Å². The van der Waals surface area contributed by atoms with Crippen molar-refractivity contribution in [3.63, 3.8) is 0 Å². The predicted octanol–water partition coefficient (Wildman–Crippen LogP) is 3.77. The number of aromatic nitrogens is 4. The van der Waals surface area contributed by atoms with Gasteiger partial charge in [-0.2, -0.15) is 18.3 Å². The Morgan fingerprint density at radius 3 is 2.64 bits per heavy atom. The Kier molecular flexibility index (Phi) is 7.31. The number of nitrogens with one attached hydrogen (secondary N) is 3. The number of ether oxygens (including phenoxy) is 1. The third-order valence-corrected chi connectivity index (χ3v) is 5.24. The zero-order valence-corrected chi connectivity index (χ0v) is 19.1. The maximum Gasteiger partial charge on any atom is 0.416 e. The molecule has 2 amide bonds. The lowest BCUT2D eigenvalue weighted by Crippen LogP contribution is -2.20. The van der Waals surface area contributed by atoms with E-state index in [2.05, 4.69) is 31.0 Å². The number of nitrogen functional groups attached to an aromatic ring is 1. The first-order valence-corrected chi connectivity index (χ1v) is 10.8. The summed E-state index contributed by atoms with van der Waals surface area (Å²) < 4.78 is 45.4. The highest BCUT2D eigenvalue weighted by Gasteiger charge is 2.30. The minimum absolute atomic E-state index is 0.222. The molecule has 0 unspecified atom stereocenters. The van der Waals surface area contributed by atoms with Crippen molar-refractivity contribution in [1.29, 1.82) is 0 Å². The van der Waals surface area contributed by atoms with Crippen molar-refractivity contribution in [2.45, 2.75) is 12.7 Å². The fraction of sp³-hybridized carbons (Fsp3) is 0.217. The summed E-state index contributed by atoms with van der Waals surface area (Å²) in [5, 5.41) is 12.4. The molecule has 1 aromatic carbocycles. The minimum Gasteiger partial charge on any atom is -0.383 e. The lowest BCUT2D eigenvalue weighted by Gasteiger charge is -2.11. The Balaban J connectivity index is 1.52. The van der Waals surface area contributed by atoms with Gasteiger partial charge in [0.1, 0.15) is 17.7 Å². The highest BCUT2D eigenvalue weighted by atomic mass is 19.4. The lowest BCUT2D eigenvalue weighted by molar-refractivity contribution is -0.137. The molecule has 3 heterocycles. The second kappa shape index (κ2) is 10.6. The molecule has 4 rings (SSSR count). The van der Waals surface area contributed by atoms with E-state index in [1.165, 1.54) is 6.33 Å². The van der Waals surface area contributed by atoms with E-state index in [9.17, 15) is 18.0 Å². The average molecular weight is 500 g/mol. The number of rotatable bonds is 8. The molecule has 0 spiro atoms. The van der Waals surface area contributed by atoms with Crippen LogP contribution in [0.2, 0.25) is 0 Å². The number of carbonyl (C=O) groups excluding carboxylic acids is 1. The summed E-state index contributed by atoms with van der Waals surface area (Å²) >= 11 is 0. The average Bonchev–Trinajstić information content (AvgIpc) is 3.21. The monoisotopic (exact) mass is 500 g/mol. The third-order valence-electron chi connectivity index (χ3n) is 5.24. The van der Waals surface area contributed by atoms with Gasteiger partial charge in [-0.1, -0.05) is 12.1 Å². The van der Waals surface area contributed by atoms with Crippen LogP contribution in [0.25, 0.3) is 16.6 Å². The van der Waals surface area contributed by atoms with E-state index < -0.39 is 17.8 Å². The summed E-state index contributed by atoms with van der Waals surface area (Å²) in [6.07, 6.45) is -0.322. The molecule has 0 bridgehead atoms. The van der Waals surface area contributed by atoms with Crippen molar-refractivity contribution >= 4 is 28.9 Å². The minimum atomic E-state index is -4.54. The molecule has 4 aromatic rings. The lowest BCUT2D eigenvalue weighted by atomic mass is 10.0. The number of nitrogens with two attached hydrogens (primary N) is 1. The zero-order valence-electron chi connectivity index (χ0n) is 19.1. The second-order valence-corrected chi connectivity index (χ2v) is 7.72. The topological polar surface area (TPSA) is 131 Å². The predicted molar refractivity (Wildman–Crippen MR) is 128 cm³/mol. The first-order chi connectivity index (χ1) is 17.3. The molecule has 0 saturated carbocycles. The molecule has 0 saturated heterocycles. The van der Waals surface area contributed by atoms with Crippen LogP contribution in [0.4, 0.5) is 35.3 Å². The van der Waals surface area contributed by atoms with Crippen LogP contribution in [0, 0.1) is 0 Å². The van der Waals surface area contributed by atoms with Crippen molar-refractivity contribution in [1.82, 2.24) is 24.9 Å². The Morgan fingerprint density at radius 2 is 1.92 bits per heavy atom. The van der Waals surface area contributed by atoms with Crippen LogP contribution in [-0.4, -0.2) is 45.9 Å². The Hall–Kier alpha value is -4.23. The number of alkyl halides is 3. The number of halogens is 3. The van der Waals surface area contributed by atoms with Crippen molar-refractivity contribution in [3.8, 4) is 11.1 Å². The van der Waals surface area contributed by atoms with E-state index in [4.69, 9.17) is 10.5 Å². The molecule has 10 nitrogen and oxygen atoms in total. The van der Waals surface area contributed by atoms with Gasteiger partial charge in [0.15, 0.2) is 5.82 Å². The number of amides is 2. The first kappa shape index (κ1) is 24.9.